The molecule has 0 aliphatic heterocycles. The molecule has 4 aromatic rings. The second kappa shape index (κ2) is 14.7. The zero-order chi connectivity index (χ0) is 31.7. The number of carbonyl (C=O) groups excluding carboxylic acids is 2. The van der Waals surface area contributed by atoms with Gasteiger partial charge in [0, 0.05) is 13.1 Å². The monoisotopic (exact) mass is 613 g/mol. The van der Waals surface area contributed by atoms with Crippen molar-refractivity contribution in [3.05, 3.63) is 120 Å². The quantitative estimate of drug-likeness (QED) is 0.193. The van der Waals surface area contributed by atoms with Crippen LogP contribution in [0.3, 0.4) is 0 Å². The third-order valence-corrected chi connectivity index (χ3v) is 8.99. The first-order valence-electron chi connectivity index (χ1n) is 14.7. The number of hydrogen-bond acceptors (Lipinski definition) is 5. The highest BCUT2D eigenvalue weighted by molar-refractivity contribution is 7.92. The molecule has 0 aliphatic rings. The van der Waals surface area contributed by atoms with Crippen LogP contribution in [0.25, 0.3) is 0 Å². The maximum Gasteiger partial charge on any atom is 0.264 e. The largest absolute Gasteiger partial charge is 0.457 e. The summed E-state index contributed by atoms with van der Waals surface area (Å²) in [5.74, 6) is 0.374. The first-order chi connectivity index (χ1) is 21.1. The molecule has 1 unspecified atom stereocenters. The molecule has 0 aromatic heterocycles. The van der Waals surface area contributed by atoms with Crippen molar-refractivity contribution in [2.24, 2.45) is 0 Å². The van der Waals surface area contributed by atoms with E-state index < -0.39 is 28.5 Å². The molecule has 4 rings (SSSR count). The van der Waals surface area contributed by atoms with Gasteiger partial charge in [0.25, 0.3) is 10.0 Å². The summed E-state index contributed by atoms with van der Waals surface area (Å²) >= 11 is 0. The third kappa shape index (κ3) is 8.05. The van der Waals surface area contributed by atoms with Gasteiger partial charge in [-0.25, -0.2) is 8.42 Å². The van der Waals surface area contributed by atoms with E-state index in [1.807, 2.05) is 82.3 Å². The maximum atomic E-state index is 14.2. The molecule has 0 saturated heterocycles. The lowest BCUT2D eigenvalue weighted by Crippen LogP contribution is -2.52. The van der Waals surface area contributed by atoms with Gasteiger partial charge in [0.15, 0.2) is 0 Å². The van der Waals surface area contributed by atoms with E-state index in [1.165, 1.54) is 17.0 Å². The van der Waals surface area contributed by atoms with Gasteiger partial charge < -0.3 is 15.0 Å². The fourth-order valence-electron chi connectivity index (χ4n) is 4.77. The Balaban J connectivity index is 1.72. The van der Waals surface area contributed by atoms with Crippen LogP contribution in [0, 0.1) is 13.8 Å². The lowest BCUT2D eigenvalue weighted by Gasteiger charge is -2.33. The average molecular weight is 614 g/mol. The maximum absolute atomic E-state index is 14.2. The van der Waals surface area contributed by atoms with Crippen molar-refractivity contribution in [1.82, 2.24) is 10.2 Å². The summed E-state index contributed by atoms with van der Waals surface area (Å²) in [6.45, 7) is 7.55. The molecule has 1 N–H and O–H groups in total. The van der Waals surface area contributed by atoms with Crippen LogP contribution in [0.1, 0.15) is 37.0 Å². The Bertz CT molecular complexity index is 1640. The van der Waals surface area contributed by atoms with Gasteiger partial charge in [0.05, 0.1) is 10.6 Å². The molecule has 9 heteroatoms. The van der Waals surface area contributed by atoms with Crippen molar-refractivity contribution < 1.29 is 22.7 Å². The predicted molar refractivity (Wildman–Crippen MR) is 173 cm³/mol. The standard InChI is InChI=1S/C35H39N3O5S/c1-5-33(35(40)36-6-2)37(24-28-16-12-26(3)13-17-28)34(39)25-38(44(41,42)32-22-14-27(4)15-23-32)29-18-20-31(21-19-29)43-30-10-8-7-9-11-30/h7-23,33H,5-6,24-25H2,1-4H3,(H,36,40). The van der Waals surface area contributed by atoms with Gasteiger partial charge in [0.2, 0.25) is 11.8 Å². The summed E-state index contributed by atoms with van der Waals surface area (Å²) in [7, 11) is -4.17. The van der Waals surface area contributed by atoms with E-state index in [0.29, 0.717) is 30.2 Å². The molecule has 1 atom stereocenters. The number of amides is 2. The lowest BCUT2D eigenvalue weighted by atomic mass is 10.1. The Morgan fingerprint density at radius 3 is 1.91 bits per heavy atom. The molecule has 8 nitrogen and oxygen atoms in total. The Labute approximate surface area is 260 Å². The Morgan fingerprint density at radius 2 is 1.34 bits per heavy atom. The molecule has 44 heavy (non-hydrogen) atoms. The Morgan fingerprint density at radius 1 is 0.773 bits per heavy atom. The molecule has 0 fully saturated rings. The van der Waals surface area contributed by atoms with Crippen molar-refractivity contribution in [1.29, 1.82) is 0 Å². The minimum atomic E-state index is -4.17. The molecule has 0 spiro atoms. The number of sulfonamides is 1. The Hall–Kier alpha value is -4.63. The number of hydrogen-bond donors (Lipinski definition) is 1. The third-order valence-electron chi connectivity index (χ3n) is 7.20. The summed E-state index contributed by atoms with van der Waals surface area (Å²) in [5, 5.41) is 2.82. The molecule has 0 radical (unpaired) electrons. The van der Waals surface area contributed by atoms with Crippen molar-refractivity contribution in [3.8, 4) is 11.5 Å². The van der Waals surface area contributed by atoms with E-state index in [0.717, 1.165) is 21.0 Å². The molecular weight excluding hydrogens is 574 g/mol. The van der Waals surface area contributed by atoms with Gasteiger partial charge in [-0.2, -0.15) is 0 Å². The number of aryl methyl sites for hydroxylation is 2. The highest BCUT2D eigenvalue weighted by atomic mass is 32.2. The van der Waals surface area contributed by atoms with Crippen LogP contribution in [0.15, 0.2) is 108 Å². The fourth-order valence-corrected chi connectivity index (χ4v) is 6.19. The number of nitrogens with one attached hydrogen (secondary N) is 1. The first-order valence-corrected chi connectivity index (χ1v) is 16.1. The first kappa shape index (κ1) is 32.3. The Kier molecular flexibility index (Phi) is 10.8. The zero-order valence-electron chi connectivity index (χ0n) is 25.6. The van der Waals surface area contributed by atoms with Crippen molar-refractivity contribution >= 4 is 27.5 Å². The number of likely N-dealkylation sites (N-methyl/N-ethyl adjacent to an activating group) is 1. The van der Waals surface area contributed by atoms with E-state index in [1.54, 1.807) is 36.4 Å². The second-order valence-electron chi connectivity index (χ2n) is 10.6. The van der Waals surface area contributed by atoms with E-state index >= 15 is 0 Å². The van der Waals surface area contributed by atoms with E-state index in [2.05, 4.69) is 5.32 Å². The normalized spacial score (nSPS) is 11.8. The van der Waals surface area contributed by atoms with Crippen LogP contribution in [0.5, 0.6) is 11.5 Å². The van der Waals surface area contributed by atoms with Crippen molar-refractivity contribution in [3.63, 3.8) is 0 Å². The number of benzene rings is 4. The number of carbonyl (C=O) groups is 2. The van der Waals surface area contributed by atoms with Gasteiger partial charge in [-0.05, 0) is 81.3 Å². The summed E-state index contributed by atoms with van der Waals surface area (Å²) in [5.41, 5.74) is 3.10. The minimum absolute atomic E-state index is 0.0568. The van der Waals surface area contributed by atoms with Gasteiger partial charge in [0.1, 0.15) is 24.1 Å². The molecule has 230 valence electrons. The van der Waals surface area contributed by atoms with Crippen LogP contribution >= 0.6 is 0 Å². The topological polar surface area (TPSA) is 96.0 Å². The minimum Gasteiger partial charge on any atom is -0.457 e. The second-order valence-corrected chi connectivity index (χ2v) is 12.4. The van der Waals surface area contributed by atoms with Crippen LogP contribution < -0.4 is 14.4 Å². The number of para-hydroxylation sites is 1. The molecule has 0 saturated carbocycles. The van der Waals surface area contributed by atoms with Crippen molar-refractivity contribution in [2.45, 2.75) is 51.6 Å². The van der Waals surface area contributed by atoms with Gasteiger partial charge in [-0.1, -0.05) is 72.6 Å². The fraction of sp³-hybridized carbons (Fsp3) is 0.257. The molecule has 0 aliphatic carbocycles. The number of ether oxygens (including phenoxy) is 1. The van der Waals surface area contributed by atoms with E-state index in [4.69, 9.17) is 4.74 Å². The molecule has 0 bridgehead atoms. The summed E-state index contributed by atoms with van der Waals surface area (Å²) < 4.78 is 35.2. The SMILES string of the molecule is CCNC(=O)C(CC)N(Cc1ccc(C)cc1)C(=O)CN(c1ccc(Oc2ccccc2)cc1)S(=O)(=O)c1ccc(C)cc1. The average Bonchev–Trinajstić information content (AvgIpc) is 3.02. The number of rotatable bonds is 13. The van der Waals surface area contributed by atoms with Crippen LogP contribution in [-0.4, -0.2) is 44.3 Å². The lowest BCUT2D eigenvalue weighted by molar-refractivity contribution is -0.140. The van der Waals surface area contributed by atoms with Gasteiger partial charge in [-0.15, -0.1) is 0 Å². The number of anilines is 1. The highest BCUT2D eigenvalue weighted by Crippen LogP contribution is 2.29. The smallest absolute Gasteiger partial charge is 0.264 e. The summed E-state index contributed by atoms with van der Waals surface area (Å²) in [6.07, 6.45) is 0.361. The van der Waals surface area contributed by atoms with Crippen LogP contribution in [0.2, 0.25) is 0 Å². The van der Waals surface area contributed by atoms with Crippen LogP contribution in [0.4, 0.5) is 5.69 Å². The number of nitrogens with zero attached hydrogens (tertiary/aromatic N) is 2. The van der Waals surface area contributed by atoms with Crippen LogP contribution in [-0.2, 0) is 26.2 Å². The summed E-state index contributed by atoms with van der Waals surface area (Å²) in [6, 6.07) is 29.2. The van der Waals surface area contributed by atoms with Crippen molar-refractivity contribution in [2.75, 3.05) is 17.4 Å². The summed E-state index contributed by atoms with van der Waals surface area (Å²) in [4.78, 5) is 28.8. The van der Waals surface area contributed by atoms with Gasteiger partial charge in [-0.3, -0.25) is 13.9 Å². The molecule has 2 amide bonds. The van der Waals surface area contributed by atoms with E-state index in [9.17, 15) is 18.0 Å². The molecule has 0 heterocycles. The van der Waals surface area contributed by atoms with Gasteiger partial charge >= 0.3 is 0 Å². The molecule has 4 aromatic carbocycles. The van der Waals surface area contributed by atoms with E-state index in [-0.39, 0.29) is 17.3 Å². The molecular formula is C35H39N3O5S. The highest BCUT2D eigenvalue weighted by Gasteiger charge is 2.33. The predicted octanol–water partition coefficient (Wildman–Crippen LogP) is 6.23. The zero-order valence-corrected chi connectivity index (χ0v) is 26.4.